The van der Waals surface area contributed by atoms with Crippen molar-refractivity contribution < 1.29 is 9.90 Å². The van der Waals surface area contributed by atoms with Crippen molar-refractivity contribution >= 4 is 11.8 Å². The van der Waals surface area contributed by atoms with Gasteiger partial charge >= 0.3 is 5.97 Å². The topological polar surface area (TPSA) is 62.2 Å². The third kappa shape index (κ3) is 2.18. The summed E-state index contributed by atoms with van der Waals surface area (Å²) in [5.74, 6) is -0.521. The second kappa shape index (κ2) is 3.89. The molecule has 0 aliphatic heterocycles. The number of aromatic carboxylic acids is 1. The average molecular weight is 180 g/mol. The predicted molar refractivity (Wildman–Crippen MR) is 50.1 cm³/mol. The molecule has 4 nitrogen and oxygen atoms in total. The van der Waals surface area contributed by atoms with Gasteiger partial charge < -0.3 is 10.4 Å². The summed E-state index contributed by atoms with van der Waals surface area (Å²) >= 11 is 0. The van der Waals surface area contributed by atoms with E-state index in [4.69, 9.17) is 5.11 Å². The molecule has 1 heterocycles. The van der Waals surface area contributed by atoms with Gasteiger partial charge in [0.25, 0.3) is 0 Å². The largest absolute Gasteiger partial charge is 0.478 e. The van der Waals surface area contributed by atoms with E-state index in [0.717, 1.165) is 5.56 Å². The van der Waals surface area contributed by atoms with Crippen LogP contribution in [0.15, 0.2) is 12.3 Å². The second-order valence-corrected chi connectivity index (χ2v) is 2.74. The van der Waals surface area contributed by atoms with Crippen LogP contribution in [0.4, 0.5) is 5.82 Å². The number of anilines is 1. The van der Waals surface area contributed by atoms with Crippen molar-refractivity contribution in [3.63, 3.8) is 0 Å². The SMILES string of the molecule is CCNc1ncc(C)cc1C(=O)O. The molecule has 0 spiro atoms. The zero-order chi connectivity index (χ0) is 9.84. The van der Waals surface area contributed by atoms with E-state index in [1.807, 2.05) is 13.8 Å². The molecule has 0 saturated carbocycles. The molecule has 0 aromatic carbocycles. The van der Waals surface area contributed by atoms with Crippen LogP contribution in [0.25, 0.3) is 0 Å². The quantitative estimate of drug-likeness (QED) is 0.740. The smallest absolute Gasteiger partial charge is 0.339 e. The van der Waals surface area contributed by atoms with Gasteiger partial charge in [0.05, 0.1) is 0 Å². The van der Waals surface area contributed by atoms with Gasteiger partial charge in [0.1, 0.15) is 11.4 Å². The number of hydrogen-bond donors (Lipinski definition) is 2. The lowest BCUT2D eigenvalue weighted by molar-refractivity contribution is 0.0697. The van der Waals surface area contributed by atoms with Gasteiger partial charge in [-0.25, -0.2) is 9.78 Å². The maximum Gasteiger partial charge on any atom is 0.339 e. The Hall–Kier alpha value is -1.58. The van der Waals surface area contributed by atoms with E-state index in [2.05, 4.69) is 10.3 Å². The Kier molecular flexibility index (Phi) is 2.84. The number of hydrogen-bond acceptors (Lipinski definition) is 3. The van der Waals surface area contributed by atoms with Crippen molar-refractivity contribution in [3.05, 3.63) is 23.4 Å². The van der Waals surface area contributed by atoms with Gasteiger partial charge in [0, 0.05) is 12.7 Å². The molecule has 0 radical (unpaired) electrons. The second-order valence-electron chi connectivity index (χ2n) is 2.74. The molecule has 0 bridgehead atoms. The summed E-state index contributed by atoms with van der Waals surface area (Å²) in [7, 11) is 0. The maximum atomic E-state index is 10.8. The molecule has 1 aromatic heterocycles. The summed E-state index contributed by atoms with van der Waals surface area (Å²) in [6.07, 6.45) is 1.64. The summed E-state index contributed by atoms with van der Waals surface area (Å²) in [6, 6.07) is 1.60. The first-order valence-electron chi connectivity index (χ1n) is 4.09. The summed E-state index contributed by atoms with van der Waals surface area (Å²) < 4.78 is 0. The Morgan fingerprint density at radius 2 is 2.38 bits per heavy atom. The molecule has 13 heavy (non-hydrogen) atoms. The monoisotopic (exact) mass is 180 g/mol. The number of aryl methyl sites for hydroxylation is 1. The van der Waals surface area contributed by atoms with Gasteiger partial charge in [-0.1, -0.05) is 0 Å². The van der Waals surface area contributed by atoms with E-state index >= 15 is 0 Å². The fourth-order valence-electron chi connectivity index (χ4n) is 1.04. The molecule has 0 aliphatic carbocycles. The van der Waals surface area contributed by atoms with Crippen molar-refractivity contribution in [2.24, 2.45) is 0 Å². The molecule has 0 aliphatic rings. The molecular weight excluding hydrogens is 168 g/mol. The fraction of sp³-hybridized carbons (Fsp3) is 0.333. The average Bonchev–Trinajstić information content (AvgIpc) is 2.08. The molecule has 1 aromatic rings. The first kappa shape index (κ1) is 9.51. The molecule has 0 saturated heterocycles. The highest BCUT2D eigenvalue weighted by Crippen LogP contribution is 2.13. The first-order valence-corrected chi connectivity index (χ1v) is 4.09. The van der Waals surface area contributed by atoms with Gasteiger partial charge in [-0.05, 0) is 25.5 Å². The Morgan fingerprint density at radius 3 is 2.92 bits per heavy atom. The molecule has 2 N–H and O–H groups in total. The molecule has 1 rings (SSSR count). The van der Waals surface area contributed by atoms with Gasteiger partial charge in [0.2, 0.25) is 0 Å². The van der Waals surface area contributed by atoms with E-state index in [1.165, 1.54) is 0 Å². The van der Waals surface area contributed by atoms with Crippen LogP contribution in [-0.2, 0) is 0 Å². The molecule has 0 unspecified atom stereocenters. The summed E-state index contributed by atoms with van der Waals surface area (Å²) in [5.41, 5.74) is 1.07. The standard InChI is InChI=1S/C9H12N2O2/c1-3-10-8-7(9(12)13)4-6(2)5-11-8/h4-5H,3H2,1-2H3,(H,10,11)(H,12,13). The van der Waals surface area contributed by atoms with Gasteiger partial charge in [0.15, 0.2) is 0 Å². The van der Waals surface area contributed by atoms with Gasteiger partial charge in [-0.3, -0.25) is 0 Å². The highest BCUT2D eigenvalue weighted by molar-refractivity contribution is 5.93. The highest BCUT2D eigenvalue weighted by Gasteiger charge is 2.10. The van der Waals surface area contributed by atoms with E-state index in [-0.39, 0.29) is 5.56 Å². The summed E-state index contributed by atoms with van der Waals surface area (Å²) in [6.45, 7) is 4.37. The highest BCUT2D eigenvalue weighted by atomic mass is 16.4. The third-order valence-electron chi connectivity index (χ3n) is 1.60. The number of pyridine rings is 1. The Bertz CT molecular complexity index is 323. The zero-order valence-electron chi connectivity index (χ0n) is 7.66. The number of nitrogens with zero attached hydrogens (tertiary/aromatic N) is 1. The molecule has 0 amide bonds. The maximum absolute atomic E-state index is 10.8. The van der Waals surface area contributed by atoms with Crippen molar-refractivity contribution in [2.45, 2.75) is 13.8 Å². The number of carbonyl (C=O) groups is 1. The van der Waals surface area contributed by atoms with Crippen molar-refractivity contribution in [1.29, 1.82) is 0 Å². The van der Waals surface area contributed by atoms with Crippen LogP contribution < -0.4 is 5.32 Å². The Labute approximate surface area is 76.6 Å². The Morgan fingerprint density at radius 1 is 1.69 bits per heavy atom. The number of nitrogens with one attached hydrogen (secondary N) is 1. The van der Waals surface area contributed by atoms with Crippen molar-refractivity contribution in [2.75, 3.05) is 11.9 Å². The van der Waals surface area contributed by atoms with E-state index in [1.54, 1.807) is 12.3 Å². The lowest BCUT2D eigenvalue weighted by atomic mass is 10.2. The minimum Gasteiger partial charge on any atom is -0.478 e. The first-order chi connectivity index (χ1) is 6.15. The van der Waals surface area contributed by atoms with E-state index in [9.17, 15) is 4.79 Å². The van der Waals surface area contributed by atoms with Crippen LogP contribution in [0.2, 0.25) is 0 Å². The Balaban J connectivity index is 3.10. The molecule has 4 heteroatoms. The van der Waals surface area contributed by atoms with Crippen molar-refractivity contribution in [3.8, 4) is 0 Å². The van der Waals surface area contributed by atoms with Crippen LogP contribution >= 0.6 is 0 Å². The van der Waals surface area contributed by atoms with Crippen LogP contribution in [0, 0.1) is 6.92 Å². The lowest BCUT2D eigenvalue weighted by Crippen LogP contribution is -2.07. The minimum atomic E-state index is -0.952. The fourth-order valence-corrected chi connectivity index (χ4v) is 1.04. The summed E-state index contributed by atoms with van der Waals surface area (Å²) in [5, 5.41) is 11.7. The molecular formula is C9H12N2O2. The van der Waals surface area contributed by atoms with Crippen molar-refractivity contribution in [1.82, 2.24) is 4.98 Å². The van der Waals surface area contributed by atoms with Crippen LogP contribution in [0.3, 0.4) is 0 Å². The molecule has 0 atom stereocenters. The van der Waals surface area contributed by atoms with Crippen LogP contribution in [0.1, 0.15) is 22.8 Å². The molecule has 70 valence electrons. The third-order valence-corrected chi connectivity index (χ3v) is 1.60. The number of rotatable bonds is 3. The normalized spacial score (nSPS) is 9.69. The summed E-state index contributed by atoms with van der Waals surface area (Å²) in [4.78, 5) is 14.8. The minimum absolute atomic E-state index is 0.224. The molecule has 0 fully saturated rings. The van der Waals surface area contributed by atoms with Crippen LogP contribution in [0.5, 0.6) is 0 Å². The van der Waals surface area contributed by atoms with Gasteiger partial charge in [-0.2, -0.15) is 0 Å². The van der Waals surface area contributed by atoms with Gasteiger partial charge in [-0.15, -0.1) is 0 Å². The zero-order valence-corrected chi connectivity index (χ0v) is 7.66. The van der Waals surface area contributed by atoms with E-state index in [0.29, 0.717) is 12.4 Å². The number of carboxylic acids is 1. The predicted octanol–water partition coefficient (Wildman–Crippen LogP) is 1.52. The van der Waals surface area contributed by atoms with Crippen LogP contribution in [-0.4, -0.2) is 22.6 Å². The lowest BCUT2D eigenvalue weighted by Gasteiger charge is -2.06. The number of carboxylic acid groups (broad SMARTS) is 1. The number of aromatic nitrogens is 1. The van der Waals surface area contributed by atoms with E-state index < -0.39 is 5.97 Å².